The van der Waals surface area contributed by atoms with Gasteiger partial charge in [-0.25, -0.2) is 0 Å². The number of quaternary nitrogens is 1. The zero-order valence-electron chi connectivity index (χ0n) is 13.4. The third-order valence-electron chi connectivity index (χ3n) is 4.21. The molecule has 0 aromatic heterocycles. The molecule has 0 radical (unpaired) electrons. The number of nitrogens with zero attached hydrogens (tertiary/aromatic N) is 2. The second-order valence-corrected chi connectivity index (χ2v) is 7.26. The van der Waals surface area contributed by atoms with Gasteiger partial charge in [-0.05, 0) is 39.2 Å². The number of rotatable bonds is 7. The van der Waals surface area contributed by atoms with E-state index >= 15 is 0 Å². The summed E-state index contributed by atoms with van der Waals surface area (Å²) in [5.74, 6) is 0.859. The van der Waals surface area contributed by atoms with Crippen LogP contribution in [0.15, 0.2) is 0 Å². The maximum atomic E-state index is 3.64. The van der Waals surface area contributed by atoms with Crippen molar-refractivity contribution in [2.75, 3.05) is 47.3 Å². The molecule has 0 saturated carbocycles. The number of likely N-dealkylation sites (N-methyl/N-ethyl adjacent to an activating group) is 1. The Morgan fingerprint density at radius 2 is 1.89 bits per heavy atom. The minimum Gasteiger partial charge on any atom is -0.330 e. The molecule has 3 heteroatoms. The van der Waals surface area contributed by atoms with Gasteiger partial charge in [-0.1, -0.05) is 6.92 Å². The van der Waals surface area contributed by atoms with Crippen LogP contribution in [-0.2, 0) is 0 Å². The molecule has 1 aliphatic rings. The summed E-state index contributed by atoms with van der Waals surface area (Å²) in [4.78, 5) is 2.64. The second kappa shape index (κ2) is 6.88. The second-order valence-electron chi connectivity index (χ2n) is 7.26. The predicted molar refractivity (Wildman–Crippen MR) is 79.8 cm³/mol. The van der Waals surface area contributed by atoms with Gasteiger partial charge in [0.05, 0.1) is 27.7 Å². The van der Waals surface area contributed by atoms with Crippen molar-refractivity contribution < 1.29 is 4.48 Å². The molecule has 1 saturated heterocycles. The lowest BCUT2D eigenvalue weighted by Gasteiger charge is -2.32. The van der Waals surface area contributed by atoms with Crippen LogP contribution in [0.5, 0.6) is 0 Å². The fourth-order valence-electron chi connectivity index (χ4n) is 2.65. The molecule has 108 valence electrons. The molecule has 3 nitrogen and oxygen atoms in total. The van der Waals surface area contributed by atoms with Gasteiger partial charge in [0.25, 0.3) is 0 Å². The van der Waals surface area contributed by atoms with Crippen molar-refractivity contribution in [3.63, 3.8) is 0 Å². The van der Waals surface area contributed by atoms with Crippen molar-refractivity contribution in [2.45, 2.75) is 45.7 Å². The first-order valence-electron chi connectivity index (χ1n) is 7.57. The van der Waals surface area contributed by atoms with E-state index in [0.717, 1.165) is 16.4 Å². The summed E-state index contributed by atoms with van der Waals surface area (Å²) in [6.07, 6.45) is 2.65. The van der Waals surface area contributed by atoms with E-state index in [1.54, 1.807) is 0 Å². The van der Waals surface area contributed by atoms with Crippen LogP contribution in [-0.4, -0.2) is 68.8 Å². The Labute approximate surface area is 114 Å². The van der Waals surface area contributed by atoms with Crippen LogP contribution in [0, 0.1) is 5.92 Å². The maximum Gasteiger partial charge on any atom is 0.0909 e. The molecule has 1 heterocycles. The van der Waals surface area contributed by atoms with E-state index in [1.165, 1.54) is 39.0 Å². The highest BCUT2D eigenvalue weighted by Crippen LogP contribution is 2.18. The highest BCUT2D eigenvalue weighted by atomic mass is 15.3. The van der Waals surface area contributed by atoms with E-state index in [2.05, 4.69) is 52.1 Å². The first-order chi connectivity index (χ1) is 8.29. The minimum atomic E-state index is 0.660. The lowest BCUT2D eigenvalue weighted by atomic mass is 10.00. The van der Waals surface area contributed by atoms with Crippen LogP contribution in [0.4, 0.5) is 0 Å². The van der Waals surface area contributed by atoms with Crippen LogP contribution in [0.2, 0.25) is 0 Å². The van der Waals surface area contributed by atoms with Crippen molar-refractivity contribution in [2.24, 2.45) is 5.92 Å². The van der Waals surface area contributed by atoms with Crippen molar-refractivity contribution in [3.8, 4) is 0 Å². The largest absolute Gasteiger partial charge is 0.330 e. The topological polar surface area (TPSA) is 15.3 Å². The number of nitrogens with one attached hydrogen (secondary N) is 1. The Morgan fingerprint density at radius 3 is 2.33 bits per heavy atom. The fraction of sp³-hybridized carbons (Fsp3) is 1.00. The average molecular weight is 256 g/mol. The Bertz CT molecular complexity index is 232. The van der Waals surface area contributed by atoms with Crippen LogP contribution in [0.25, 0.3) is 0 Å². The van der Waals surface area contributed by atoms with Crippen molar-refractivity contribution in [1.29, 1.82) is 0 Å². The fourth-order valence-corrected chi connectivity index (χ4v) is 2.65. The molecular formula is C15H34N3+. The van der Waals surface area contributed by atoms with Gasteiger partial charge in [-0.2, -0.15) is 0 Å². The summed E-state index contributed by atoms with van der Waals surface area (Å²) in [6, 6.07) is 1.41. The molecule has 18 heavy (non-hydrogen) atoms. The average Bonchev–Trinajstić information content (AvgIpc) is 2.62. The zero-order chi connectivity index (χ0) is 13.8. The Morgan fingerprint density at radius 1 is 1.22 bits per heavy atom. The van der Waals surface area contributed by atoms with Crippen molar-refractivity contribution in [1.82, 2.24) is 10.2 Å². The van der Waals surface area contributed by atoms with E-state index in [0.29, 0.717) is 6.04 Å². The van der Waals surface area contributed by atoms with Crippen LogP contribution in [0.1, 0.15) is 33.6 Å². The number of hydrogen-bond acceptors (Lipinski definition) is 2. The summed E-state index contributed by atoms with van der Waals surface area (Å²) < 4.78 is 1.06. The first-order valence-corrected chi connectivity index (χ1v) is 7.57. The molecule has 2 atom stereocenters. The third-order valence-corrected chi connectivity index (χ3v) is 4.21. The summed E-state index contributed by atoms with van der Waals surface area (Å²) in [6.45, 7) is 11.9. The SMILES string of the molecule is CC1CCNC1CCN(CC[N+](C)(C)C)C(C)C. The zero-order valence-corrected chi connectivity index (χ0v) is 13.4. The van der Waals surface area contributed by atoms with Crippen LogP contribution >= 0.6 is 0 Å². The minimum absolute atomic E-state index is 0.660. The highest BCUT2D eigenvalue weighted by molar-refractivity contribution is 4.82. The third kappa shape index (κ3) is 5.68. The summed E-state index contributed by atoms with van der Waals surface area (Å²) >= 11 is 0. The molecule has 0 aromatic carbocycles. The lowest BCUT2D eigenvalue weighted by molar-refractivity contribution is -0.869. The molecule has 0 amide bonds. The van der Waals surface area contributed by atoms with E-state index in [4.69, 9.17) is 0 Å². The van der Waals surface area contributed by atoms with Gasteiger partial charge in [0.1, 0.15) is 0 Å². The van der Waals surface area contributed by atoms with Gasteiger partial charge in [0.2, 0.25) is 0 Å². The molecule has 1 aliphatic heterocycles. The molecule has 1 rings (SSSR count). The molecule has 2 unspecified atom stereocenters. The lowest BCUT2D eigenvalue weighted by Crippen LogP contribution is -2.45. The summed E-state index contributed by atoms with van der Waals surface area (Å²) in [7, 11) is 6.83. The van der Waals surface area contributed by atoms with E-state index in [-0.39, 0.29) is 0 Å². The van der Waals surface area contributed by atoms with Gasteiger partial charge >= 0.3 is 0 Å². The number of hydrogen-bond donors (Lipinski definition) is 1. The first kappa shape index (κ1) is 15.9. The molecule has 0 aliphatic carbocycles. The van der Waals surface area contributed by atoms with Gasteiger partial charge in [0.15, 0.2) is 0 Å². The van der Waals surface area contributed by atoms with Gasteiger partial charge in [-0.15, -0.1) is 0 Å². The monoisotopic (exact) mass is 256 g/mol. The highest BCUT2D eigenvalue weighted by Gasteiger charge is 2.23. The molecular weight excluding hydrogens is 222 g/mol. The molecule has 1 N–H and O–H groups in total. The normalized spacial score (nSPS) is 25.3. The van der Waals surface area contributed by atoms with Crippen LogP contribution < -0.4 is 5.32 Å². The van der Waals surface area contributed by atoms with Crippen LogP contribution in [0.3, 0.4) is 0 Å². The maximum absolute atomic E-state index is 3.64. The summed E-state index contributed by atoms with van der Waals surface area (Å²) in [5.41, 5.74) is 0. The van der Waals surface area contributed by atoms with Crippen molar-refractivity contribution >= 4 is 0 Å². The molecule has 0 aromatic rings. The van der Waals surface area contributed by atoms with Gasteiger partial charge < -0.3 is 9.80 Å². The molecule has 0 bridgehead atoms. The van der Waals surface area contributed by atoms with E-state index in [9.17, 15) is 0 Å². The quantitative estimate of drug-likeness (QED) is 0.699. The van der Waals surface area contributed by atoms with Crippen molar-refractivity contribution in [3.05, 3.63) is 0 Å². The predicted octanol–water partition coefficient (Wildman–Crippen LogP) is 1.79. The Kier molecular flexibility index (Phi) is 6.09. The Hall–Kier alpha value is -0.120. The summed E-state index contributed by atoms with van der Waals surface area (Å²) in [5, 5.41) is 3.64. The Balaban J connectivity index is 2.33. The van der Waals surface area contributed by atoms with E-state index < -0.39 is 0 Å². The van der Waals surface area contributed by atoms with Gasteiger partial charge in [-0.3, -0.25) is 4.90 Å². The molecule has 1 fully saturated rings. The van der Waals surface area contributed by atoms with Gasteiger partial charge in [0, 0.05) is 25.2 Å². The standard InChI is InChI=1S/C15H34N3/c1-13(2)17(11-12-18(4,5)6)10-8-15-14(3)7-9-16-15/h13-16H,7-12H2,1-6H3/q+1. The smallest absolute Gasteiger partial charge is 0.0909 e. The van der Waals surface area contributed by atoms with E-state index in [1.807, 2.05) is 0 Å². The molecule has 0 spiro atoms.